The summed E-state index contributed by atoms with van der Waals surface area (Å²) >= 11 is 3.42. The molecule has 2 aromatic heterocycles. The largest absolute Gasteiger partial charge is 0.440 e. The highest BCUT2D eigenvalue weighted by atomic mass is 79.9. The van der Waals surface area contributed by atoms with Crippen molar-refractivity contribution in [1.82, 2.24) is 19.6 Å². The zero-order valence-corrected chi connectivity index (χ0v) is 24.3. The molecule has 10 heteroatoms. The molecule has 0 atom stereocenters. The number of rotatable bonds is 10. The Hall–Kier alpha value is -3.65. The van der Waals surface area contributed by atoms with Crippen LogP contribution in [-0.4, -0.2) is 29.8 Å². The van der Waals surface area contributed by atoms with Crippen LogP contribution in [-0.2, 0) is 39.1 Å². The molecule has 2 aromatic carbocycles. The molecule has 0 saturated heterocycles. The van der Waals surface area contributed by atoms with E-state index < -0.39 is 0 Å². The molecule has 0 aliphatic carbocycles. The van der Waals surface area contributed by atoms with Gasteiger partial charge in [-0.2, -0.15) is 10.2 Å². The Kier molecular flexibility index (Phi) is 11.1. The lowest BCUT2D eigenvalue weighted by Crippen LogP contribution is -2.00. The van der Waals surface area contributed by atoms with Crippen molar-refractivity contribution in [1.29, 1.82) is 0 Å². The van der Waals surface area contributed by atoms with Gasteiger partial charge in [-0.05, 0) is 57.0 Å². The molecule has 0 saturated carbocycles. The van der Waals surface area contributed by atoms with Crippen molar-refractivity contribution < 1.29 is 19.7 Å². The van der Waals surface area contributed by atoms with Gasteiger partial charge in [0.2, 0.25) is 11.8 Å². The smallest absolute Gasteiger partial charge is 0.221 e. The van der Waals surface area contributed by atoms with Crippen LogP contribution in [0.4, 0.5) is 5.69 Å². The number of aromatic nitrogens is 4. The summed E-state index contributed by atoms with van der Waals surface area (Å²) in [6.45, 7) is 16.2. The zero-order valence-electron chi connectivity index (χ0n) is 22.7. The third kappa shape index (κ3) is 7.26. The number of aliphatic hydroxyl groups is 2. The van der Waals surface area contributed by atoms with Crippen LogP contribution in [0.25, 0.3) is 4.85 Å². The molecule has 2 N–H and O–H groups in total. The second kappa shape index (κ2) is 14.5. The highest BCUT2D eigenvalue weighted by molar-refractivity contribution is 9.10. The summed E-state index contributed by atoms with van der Waals surface area (Å²) in [6, 6.07) is 14.7. The quantitative estimate of drug-likeness (QED) is 0.195. The predicted octanol–water partition coefficient (Wildman–Crippen LogP) is 6.81. The lowest BCUT2D eigenvalue weighted by Gasteiger charge is -2.09. The molecule has 0 radical (unpaired) electrons. The lowest BCUT2D eigenvalue weighted by molar-refractivity contribution is 0.274. The highest BCUT2D eigenvalue weighted by Gasteiger charge is 2.18. The second-order valence-electron chi connectivity index (χ2n) is 8.39. The van der Waals surface area contributed by atoms with Gasteiger partial charge in [-0.15, -0.1) is 0 Å². The molecule has 9 nitrogen and oxygen atoms in total. The van der Waals surface area contributed by atoms with Crippen molar-refractivity contribution in [3.05, 3.63) is 86.9 Å². The van der Waals surface area contributed by atoms with Gasteiger partial charge in [-0.25, -0.2) is 14.2 Å². The first-order valence-electron chi connectivity index (χ1n) is 12.9. The number of hydrogen-bond donors (Lipinski definition) is 2. The summed E-state index contributed by atoms with van der Waals surface area (Å²) in [6.07, 6.45) is 1.51. The minimum absolute atomic E-state index is 0.0645. The molecule has 0 spiro atoms. The molecule has 0 fully saturated rings. The second-order valence-corrected chi connectivity index (χ2v) is 9.30. The highest BCUT2D eigenvalue weighted by Crippen LogP contribution is 2.31. The maximum Gasteiger partial charge on any atom is 0.221 e. The van der Waals surface area contributed by atoms with Crippen LogP contribution in [0.5, 0.6) is 23.3 Å². The first-order chi connectivity index (χ1) is 18.9. The number of ether oxygens (including phenoxy) is 2. The van der Waals surface area contributed by atoms with Crippen LogP contribution >= 0.6 is 15.9 Å². The lowest BCUT2D eigenvalue weighted by atomic mass is 10.2. The average molecular weight is 597 g/mol. The number of aryl methyl sites for hydroxylation is 2. The molecule has 206 valence electrons. The monoisotopic (exact) mass is 595 g/mol. The summed E-state index contributed by atoms with van der Waals surface area (Å²) < 4.78 is 16.3. The van der Waals surface area contributed by atoms with Gasteiger partial charge in [0.25, 0.3) is 0 Å². The number of benzene rings is 2. The first-order valence-corrected chi connectivity index (χ1v) is 13.7. The Morgan fingerprint density at radius 2 is 1.28 bits per heavy atom. The Labute approximate surface area is 237 Å². The summed E-state index contributed by atoms with van der Waals surface area (Å²) in [5.74, 6) is 2.71. The van der Waals surface area contributed by atoms with Crippen molar-refractivity contribution in [2.24, 2.45) is 0 Å². The van der Waals surface area contributed by atoms with E-state index in [1.807, 2.05) is 52.0 Å². The third-order valence-electron chi connectivity index (χ3n) is 5.94. The van der Waals surface area contributed by atoms with Crippen molar-refractivity contribution >= 4 is 21.6 Å². The van der Waals surface area contributed by atoms with E-state index in [4.69, 9.17) is 16.0 Å². The molecule has 4 aromatic rings. The molecule has 4 rings (SSSR count). The molecular formula is C29H34BrN5O4. The first kappa shape index (κ1) is 29.9. The van der Waals surface area contributed by atoms with Crippen molar-refractivity contribution in [2.75, 3.05) is 0 Å². The maximum atomic E-state index is 9.36. The number of hydrogen-bond acceptors (Lipinski definition) is 6. The van der Waals surface area contributed by atoms with Gasteiger partial charge in [0, 0.05) is 28.7 Å². The third-order valence-corrected chi connectivity index (χ3v) is 6.44. The van der Waals surface area contributed by atoms with Gasteiger partial charge >= 0.3 is 0 Å². The molecular weight excluding hydrogens is 562 g/mol. The van der Waals surface area contributed by atoms with E-state index in [0.29, 0.717) is 47.7 Å². The maximum absolute atomic E-state index is 9.36. The van der Waals surface area contributed by atoms with Crippen LogP contribution < -0.4 is 9.47 Å². The van der Waals surface area contributed by atoms with Crippen molar-refractivity contribution in [3.8, 4) is 23.3 Å². The molecule has 0 aliphatic heterocycles. The van der Waals surface area contributed by atoms with Gasteiger partial charge in [-0.1, -0.05) is 48.0 Å². The average Bonchev–Trinajstić information content (AvgIpc) is 3.49. The summed E-state index contributed by atoms with van der Waals surface area (Å²) in [7, 11) is 0. The Morgan fingerprint density at radius 3 is 1.69 bits per heavy atom. The van der Waals surface area contributed by atoms with Crippen LogP contribution in [0.1, 0.15) is 50.2 Å². The summed E-state index contributed by atoms with van der Waals surface area (Å²) in [5.41, 5.74) is 3.73. The number of aliphatic hydroxyl groups excluding tert-OH is 2. The Morgan fingerprint density at radius 1 is 0.795 bits per heavy atom. The number of halogens is 1. The fraction of sp³-hybridized carbons (Fsp3) is 0.345. The van der Waals surface area contributed by atoms with Crippen LogP contribution in [0.15, 0.2) is 53.0 Å². The van der Waals surface area contributed by atoms with Gasteiger partial charge in [0.05, 0.1) is 31.2 Å². The SMILES string of the molecule is CCc1c(CO)nn(CC)c1Oc1cccc(Br)c1.[C-]#[N+]c1cccc(Oc2c(CC)c(CO)nn2CC)c1. The van der Waals surface area contributed by atoms with Crippen LogP contribution in [0, 0.1) is 6.57 Å². The molecule has 0 aliphatic rings. The van der Waals surface area contributed by atoms with E-state index in [1.165, 1.54) is 0 Å². The van der Waals surface area contributed by atoms with Crippen molar-refractivity contribution in [2.45, 2.75) is 66.8 Å². The van der Waals surface area contributed by atoms with Gasteiger partial charge < -0.3 is 19.7 Å². The molecule has 0 unspecified atom stereocenters. The van der Waals surface area contributed by atoms with E-state index in [9.17, 15) is 10.2 Å². The van der Waals surface area contributed by atoms with Gasteiger partial charge in [-0.3, -0.25) is 0 Å². The van der Waals surface area contributed by atoms with Gasteiger partial charge in [0.15, 0.2) is 5.69 Å². The Bertz CT molecular complexity index is 1420. The summed E-state index contributed by atoms with van der Waals surface area (Å²) in [4.78, 5) is 3.39. The van der Waals surface area contributed by atoms with Crippen molar-refractivity contribution in [3.63, 3.8) is 0 Å². The molecule has 0 bridgehead atoms. The normalized spacial score (nSPS) is 10.5. The minimum atomic E-state index is -0.103. The van der Waals surface area contributed by atoms with E-state index in [2.05, 4.69) is 31.0 Å². The summed E-state index contributed by atoms with van der Waals surface area (Å²) in [5, 5.41) is 27.4. The molecule has 39 heavy (non-hydrogen) atoms. The predicted molar refractivity (Wildman–Crippen MR) is 153 cm³/mol. The molecule has 2 heterocycles. The van der Waals surface area contributed by atoms with E-state index >= 15 is 0 Å². The zero-order chi connectivity index (χ0) is 28.4. The Balaban J connectivity index is 0.000000216. The van der Waals surface area contributed by atoms with E-state index in [-0.39, 0.29) is 13.2 Å². The molecule has 0 amide bonds. The fourth-order valence-corrected chi connectivity index (χ4v) is 4.43. The van der Waals surface area contributed by atoms with Gasteiger partial charge in [0.1, 0.15) is 11.5 Å². The fourth-order valence-electron chi connectivity index (χ4n) is 4.05. The number of nitrogens with zero attached hydrogens (tertiary/aromatic N) is 5. The van der Waals surface area contributed by atoms with Crippen LogP contribution in [0.2, 0.25) is 0 Å². The van der Waals surface area contributed by atoms with E-state index in [1.54, 1.807) is 33.6 Å². The topological polar surface area (TPSA) is 98.9 Å². The standard InChI is InChI=1S/C15H17N3O2.C14H17BrN2O2/c1-4-13-14(10-19)17-18(5-2)15(13)20-12-8-6-7-11(9-12)16-3;1-3-12-13(9-18)16-17(4-2)14(12)19-11-7-5-6-10(15)8-11/h6-9,19H,4-5,10H2,1-2H3;5-8,18H,3-4,9H2,1-2H3. The van der Waals surface area contributed by atoms with E-state index in [0.717, 1.165) is 34.2 Å². The van der Waals surface area contributed by atoms with Crippen LogP contribution in [0.3, 0.4) is 0 Å². The minimum Gasteiger partial charge on any atom is -0.440 e.